The van der Waals surface area contributed by atoms with Gasteiger partial charge in [0, 0.05) is 24.5 Å². The van der Waals surface area contributed by atoms with Gasteiger partial charge >= 0.3 is 0 Å². The maximum Gasteiger partial charge on any atom is 0.0560 e. The van der Waals surface area contributed by atoms with E-state index in [9.17, 15) is 0 Å². The predicted molar refractivity (Wildman–Crippen MR) is 74.4 cm³/mol. The highest BCUT2D eigenvalue weighted by atomic mass is 15.3. The fourth-order valence-electron chi connectivity index (χ4n) is 2.12. The van der Waals surface area contributed by atoms with Gasteiger partial charge in [-0.05, 0) is 32.4 Å². The highest BCUT2D eigenvalue weighted by Crippen LogP contribution is 2.13. The van der Waals surface area contributed by atoms with Crippen LogP contribution in [-0.2, 0) is 6.54 Å². The first-order valence-electron chi connectivity index (χ1n) is 6.45. The lowest BCUT2D eigenvalue weighted by Gasteiger charge is -2.20. The van der Waals surface area contributed by atoms with Crippen molar-refractivity contribution in [1.29, 1.82) is 0 Å². The highest BCUT2D eigenvalue weighted by molar-refractivity contribution is 5.23. The minimum absolute atomic E-state index is 0.358. The number of rotatable bonds is 5. The third-order valence-electron chi connectivity index (χ3n) is 3.13. The van der Waals surface area contributed by atoms with Crippen LogP contribution < -0.4 is 5.32 Å². The Morgan fingerprint density at radius 2 is 1.94 bits per heavy atom. The van der Waals surface area contributed by atoms with E-state index >= 15 is 0 Å². The minimum Gasteiger partial charge on any atom is -0.306 e. The monoisotopic (exact) mass is 243 g/mol. The van der Waals surface area contributed by atoms with Crippen LogP contribution in [-0.4, -0.2) is 15.8 Å². The van der Waals surface area contributed by atoms with Crippen LogP contribution in [0.25, 0.3) is 0 Å². The van der Waals surface area contributed by atoms with Crippen molar-refractivity contribution in [1.82, 2.24) is 15.1 Å². The molecule has 18 heavy (non-hydrogen) atoms. The molecule has 3 nitrogen and oxygen atoms in total. The largest absolute Gasteiger partial charge is 0.306 e. The third kappa shape index (κ3) is 3.44. The van der Waals surface area contributed by atoms with Gasteiger partial charge in [0.2, 0.25) is 0 Å². The van der Waals surface area contributed by atoms with Crippen molar-refractivity contribution in [2.24, 2.45) is 0 Å². The molecule has 2 atom stereocenters. The lowest BCUT2D eigenvalue weighted by molar-refractivity contribution is 0.413. The van der Waals surface area contributed by atoms with Gasteiger partial charge in [0.15, 0.2) is 0 Å². The first kappa shape index (κ1) is 12.8. The molecule has 1 heterocycles. The second-order valence-corrected chi connectivity index (χ2v) is 4.93. The van der Waals surface area contributed by atoms with Crippen LogP contribution in [0.5, 0.6) is 0 Å². The summed E-state index contributed by atoms with van der Waals surface area (Å²) in [5.74, 6) is 0. The zero-order chi connectivity index (χ0) is 13.0. The Morgan fingerprint density at radius 3 is 2.56 bits per heavy atom. The lowest BCUT2D eigenvalue weighted by Crippen LogP contribution is -2.32. The van der Waals surface area contributed by atoms with Gasteiger partial charge in [0.25, 0.3) is 0 Å². The summed E-state index contributed by atoms with van der Waals surface area (Å²) in [5.41, 5.74) is 2.63. The number of benzene rings is 1. The second kappa shape index (κ2) is 5.83. The standard InChI is InChI=1S/C15H21N3/c1-12-5-7-15(8-6-12)14(3)17-13(2)11-18-10-4-9-16-18/h4-10,13-14,17H,11H2,1-3H3. The van der Waals surface area contributed by atoms with Crippen LogP contribution in [0.15, 0.2) is 42.7 Å². The number of hydrogen-bond acceptors (Lipinski definition) is 2. The van der Waals surface area contributed by atoms with Gasteiger partial charge in [-0.15, -0.1) is 0 Å². The van der Waals surface area contributed by atoms with Crippen molar-refractivity contribution in [3.05, 3.63) is 53.9 Å². The van der Waals surface area contributed by atoms with E-state index in [2.05, 4.69) is 55.5 Å². The quantitative estimate of drug-likeness (QED) is 0.875. The van der Waals surface area contributed by atoms with E-state index in [1.54, 1.807) is 0 Å². The summed E-state index contributed by atoms with van der Waals surface area (Å²) >= 11 is 0. The molecule has 0 fully saturated rings. The van der Waals surface area contributed by atoms with Crippen LogP contribution in [0.2, 0.25) is 0 Å². The number of aromatic nitrogens is 2. The van der Waals surface area contributed by atoms with E-state index < -0.39 is 0 Å². The number of nitrogens with one attached hydrogen (secondary N) is 1. The molecule has 1 aromatic heterocycles. The van der Waals surface area contributed by atoms with Gasteiger partial charge in [-0.25, -0.2) is 0 Å². The molecule has 0 amide bonds. The number of aryl methyl sites for hydroxylation is 1. The molecule has 3 heteroatoms. The molecule has 0 saturated heterocycles. The Bertz CT molecular complexity index is 459. The summed E-state index contributed by atoms with van der Waals surface area (Å²) in [7, 11) is 0. The molecule has 1 aromatic carbocycles. The van der Waals surface area contributed by atoms with Gasteiger partial charge < -0.3 is 5.32 Å². The molecule has 2 unspecified atom stereocenters. The van der Waals surface area contributed by atoms with Gasteiger partial charge in [0.1, 0.15) is 0 Å². The van der Waals surface area contributed by atoms with Crippen molar-refractivity contribution in [3.8, 4) is 0 Å². The first-order chi connectivity index (χ1) is 8.65. The van der Waals surface area contributed by atoms with E-state index in [1.807, 2.05) is 23.1 Å². The molecule has 2 rings (SSSR count). The Hall–Kier alpha value is -1.61. The number of nitrogens with zero attached hydrogens (tertiary/aromatic N) is 2. The van der Waals surface area contributed by atoms with E-state index in [0.29, 0.717) is 12.1 Å². The lowest BCUT2D eigenvalue weighted by atomic mass is 10.1. The van der Waals surface area contributed by atoms with E-state index in [4.69, 9.17) is 0 Å². The first-order valence-corrected chi connectivity index (χ1v) is 6.45. The molecule has 0 radical (unpaired) electrons. The molecule has 0 bridgehead atoms. The molecule has 0 aliphatic heterocycles. The molecule has 0 aliphatic rings. The molecule has 96 valence electrons. The molecule has 0 saturated carbocycles. The van der Waals surface area contributed by atoms with Crippen molar-refractivity contribution in [2.45, 2.75) is 39.4 Å². The SMILES string of the molecule is Cc1ccc(C(C)NC(C)Cn2cccn2)cc1. The van der Waals surface area contributed by atoms with Crippen molar-refractivity contribution < 1.29 is 0 Å². The van der Waals surface area contributed by atoms with Crippen LogP contribution >= 0.6 is 0 Å². The maximum absolute atomic E-state index is 4.22. The maximum atomic E-state index is 4.22. The molecular formula is C15H21N3. The van der Waals surface area contributed by atoms with Crippen LogP contribution in [0, 0.1) is 6.92 Å². The molecule has 0 spiro atoms. The zero-order valence-corrected chi connectivity index (χ0v) is 11.3. The summed E-state index contributed by atoms with van der Waals surface area (Å²) in [6, 6.07) is 11.4. The van der Waals surface area contributed by atoms with Crippen LogP contribution in [0.3, 0.4) is 0 Å². The van der Waals surface area contributed by atoms with Gasteiger partial charge in [0.05, 0.1) is 6.54 Å². The summed E-state index contributed by atoms with van der Waals surface area (Å²) in [5, 5.41) is 7.82. The topological polar surface area (TPSA) is 29.9 Å². The summed E-state index contributed by atoms with van der Waals surface area (Å²) in [6.45, 7) is 7.39. The van der Waals surface area contributed by atoms with Crippen LogP contribution in [0.1, 0.15) is 31.0 Å². The fourth-order valence-corrected chi connectivity index (χ4v) is 2.12. The zero-order valence-electron chi connectivity index (χ0n) is 11.3. The van der Waals surface area contributed by atoms with Crippen molar-refractivity contribution in [3.63, 3.8) is 0 Å². The van der Waals surface area contributed by atoms with Gasteiger partial charge in [-0.3, -0.25) is 4.68 Å². The Labute approximate surface area is 109 Å². The fraction of sp³-hybridized carbons (Fsp3) is 0.400. The molecule has 2 aromatic rings. The van der Waals surface area contributed by atoms with Crippen molar-refractivity contribution >= 4 is 0 Å². The third-order valence-corrected chi connectivity index (χ3v) is 3.13. The van der Waals surface area contributed by atoms with Gasteiger partial charge in [-0.2, -0.15) is 5.10 Å². The summed E-state index contributed by atoms with van der Waals surface area (Å²) < 4.78 is 1.96. The Morgan fingerprint density at radius 1 is 1.22 bits per heavy atom. The predicted octanol–water partition coefficient (Wildman–Crippen LogP) is 2.93. The highest BCUT2D eigenvalue weighted by Gasteiger charge is 2.09. The van der Waals surface area contributed by atoms with Crippen molar-refractivity contribution in [2.75, 3.05) is 0 Å². The summed E-state index contributed by atoms with van der Waals surface area (Å²) in [6.07, 6.45) is 3.81. The van der Waals surface area contributed by atoms with Gasteiger partial charge in [-0.1, -0.05) is 29.8 Å². The van der Waals surface area contributed by atoms with Crippen LogP contribution in [0.4, 0.5) is 0 Å². The number of hydrogen-bond donors (Lipinski definition) is 1. The molecule has 1 N–H and O–H groups in total. The normalized spacial score (nSPS) is 14.4. The van der Waals surface area contributed by atoms with E-state index in [0.717, 1.165) is 6.54 Å². The smallest absolute Gasteiger partial charge is 0.0560 e. The average molecular weight is 243 g/mol. The van der Waals surface area contributed by atoms with E-state index in [1.165, 1.54) is 11.1 Å². The Balaban J connectivity index is 1.90. The average Bonchev–Trinajstić information content (AvgIpc) is 2.82. The molecular weight excluding hydrogens is 222 g/mol. The molecule has 0 aliphatic carbocycles. The second-order valence-electron chi connectivity index (χ2n) is 4.93. The minimum atomic E-state index is 0.358. The van der Waals surface area contributed by atoms with E-state index in [-0.39, 0.29) is 0 Å². The summed E-state index contributed by atoms with van der Waals surface area (Å²) in [4.78, 5) is 0. The Kier molecular flexibility index (Phi) is 4.15.